The van der Waals surface area contributed by atoms with Gasteiger partial charge in [-0.25, -0.2) is 4.98 Å². The van der Waals surface area contributed by atoms with Crippen LogP contribution in [0.15, 0.2) is 12.1 Å². The van der Waals surface area contributed by atoms with Gasteiger partial charge in [0.15, 0.2) is 0 Å². The lowest BCUT2D eigenvalue weighted by molar-refractivity contribution is 0.100. The van der Waals surface area contributed by atoms with Crippen LogP contribution >= 0.6 is 0 Å². The maximum atomic E-state index is 11.1. The Morgan fingerprint density at radius 3 is 2.87 bits per heavy atom. The van der Waals surface area contributed by atoms with E-state index in [0.717, 1.165) is 18.8 Å². The number of aromatic nitrogens is 1. The highest BCUT2D eigenvalue weighted by atomic mass is 16.1. The van der Waals surface area contributed by atoms with Gasteiger partial charge in [0.25, 0.3) is 5.91 Å². The first-order valence-corrected chi connectivity index (χ1v) is 4.91. The summed E-state index contributed by atoms with van der Waals surface area (Å²) in [5.74, 6) is 0.145. The number of carbonyl (C=O) groups excluding carboxylic acids is 1. The van der Waals surface area contributed by atoms with Gasteiger partial charge >= 0.3 is 0 Å². The van der Waals surface area contributed by atoms with Crippen molar-refractivity contribution in [1.29, 1.82) is 0 Å². The molecule has 1 aromatic heterocycles. The third-order valence-corrected chi connectivity index (χ3v) is 2.42. The second kappa shape index (κ2) is 3.86. The van der Waals surface area contributed by atoms with Crippen LogP contribution in [0.25, 0.3) is 0 Å². The highest BCUT2D eigenvalue weighted by molar-refractivity contribution is 5.97. The van der Waals surface area contributed by atoms with E-state index in [9.17, 15) is 4.79 Å². The first kappa shape index (κ1) is 9.92. The summed E-state index contributed by atoms with van der Waals surface area (Å²) in [5, 5.41) is 6.33. The van der Waals surface area contributed by atoms with E-state index in [1.807, 2.05) is 6.92 Å². The van der Waals surface area contributed by atoms with Gasteiger partial charge in [-0.1, -0.05) is 0 Å². The smallest absolute Gasteiger partial charge is 0.252 e. The van der Waals surface area contributed by atoms with Crippen LogP contribution in [0, 0.1) is 6.92 Å². The Labute approximate surface area is 88.1 Å². The van der Waals surface area contributed by atoms with Gasteiger partial charge in [0.1, 0.15) is 5.82 Å². The molecular weight excluding hydrogens is 192 g/mol. The summed E-state index contributed by atoms with van der Waals surface area (Å²) in [6.07, 6.45) is 0. The minimum absolute atomic E-state index is 0.345. The second-order valence-corrected chi connectivity index (χ2v) is 3.71. The maximum Gasteiger partial charge on any atom is 0.252 e. The largest absolute Gasteiger partial charge is 0.365 e. The number of hydrogen-bond donors (Lipinski definition) is 3. The van der Waals surface area contributed by atoms with Gasteiger partial charge in [0.05, 0.1) is 11.6 Å². The van der Waals surface area contributed by atoms with Crippen molar-refractivity contribution in [2.75, 3.05) is 18.4 Å². The zero-order valence-electron chi connectivity index (χ0n) is 8.58. The van der Waals surface area contributed by atoms with Gasteiger partial charge in [0, 0.05) is 18.8 Å². The van der Waals surface area contributed by atoms with Crippen molar-refractivity contribution in [3.8, 4) is 0 Å². The van der Waals surface area contributed by atoms with Crippen molar-refractivity contribution in [3.63, 3.8) is 0 Å². The molecule has 5 heteroatoms. The molecule has 2 rings (SSSR count). The molecule has 4 N–H and O–H groups in total. The Bertz CT molecular complexity index is 387. The lowest BCUT2D eigenvalue weighted by atomic mass is 10.1. The molecular formula is C10H14N4O. The molecule has 0 radical (unpaired) electrons. The summed E-state index contributed by atoms with van der Waals surface area (Å²) in [6.45, 7) is 3.68. The molecule has 0 aromatic carbocycles. The molecule has 1 aliphatic rings. The zero-order valence-corrected chi connectivity index (χ0v) is 8.58. The molecule has 15 heavy (non-hydrogen) atoms. The van der Waals surface area contributed by atoms with Crippen molar-refractivity contribution >= 4 is 11.7 Å². The Kier molecular flexibility index (Phi) is 2.55. The van der Waals surface area contributed by atoms with Crippen molar-refractivity contribution in [3.05, 3.63) is 23.4 Å². The number of nitrogens with zero attached hydrogens (tertiary/aromatic N) is 1. The first-order chi connectivity index (χ1) is 7.16. The Morgan fingerprint density at radius 2 is 2.33 bits per heavy atom. The van der Waals surface area contributed by atoms with Crippen molar-refractivity contribution < 1.29 is 4.79 Å². The van der Waals surface area contributed by atoms with Crippen LogP contribution in [0.4, 0.5) is 5.82 Å². The van der Waals surface area contributed by atoms with Crippen molar-refractivity contribution in [1.82, 2.24) is 10.3 Å². The highest BCUT2D eigenvalue weighted by Crippen LogP contribution is 2.14. The molecule has 1 aromatic rings. The molecule has 0 bridgehead atoms. The molecule has 0 atom stereocenters. The SMILES string of the molecule is Cc1ccc(C(N)=O)c(NC2CNC2)n1. The highest BCUT2D eigenvalue weighted by Gasteiger charge is 2.19. The van der Waals surface area contributed by atoms with E-state index in [1.54, 1.807) is 12.1 Å². The molecule has 1 amide bonds. The summed E-state index contributed by atoms with van der Waals surface area (Å²) in [6, 6.07) is 3.83. The minimum atomic E-state index is -0.447. The quantitative estimate of drug-likeness (QED) is 0.643. The van der Waals surface area contributed by atoms with Crippen LogP contribution in [-0.2, 0) is 0 Å². The molecule has 1 fully saturated rings. The number of pyridine rings is 1. The fourth-order valence-electron chi connectivity index (χ4n) is 1.45. The fraction of sp³-hybridized carbons (Fsp3) is 0.400. The van der Waals surface area contributed by atoms with Crippen LogP contribution in [0.1, 0.15) is 16.1 Å². The van der Waals surface area contributed by atoms with E-state index in [0.29, 0.717) is 17.4 Å². The number of aryl methyl sites for hydroxylation is 1. The summed E-state index contributed by atoms with van der Waals surface area (Å²) in [7, 11) is 0. The van der Waals surface area contributed by atoms with Gasteiger partial charge < -0.3 is 16.4 Å². The summed E-state index contributed by atoms with van der Waals surface area (Å²) in [5.41, 5.74) is 6.59. The number of nitrogens with two attached hydrogens (primary N) is 1. The molecule has 0 aliphatic carbocycles. The zero-order chi connectivity index (χ0) is 10.8. The predicted molar refractivity (Wildman–Crippen MR) is 57.8 cm³/mol. The number of hydrogen-bond acceptors (Lipinski definition) is 4. The van der Waals surface area contributed by atoms with E-state index >= 15 is 0 Å². The number of rotatable bonds is 3. The topological polar surface area (TPSA) is 80.0 Å². The number of carbonyl (C=O) groups is 1. The van der Waals surface area contributed by atoms with Crippen LogP contribution in [0.2, 0.25) is 0 Å². The van der Waals surface area contributed by atoms with Crippen molar-refractivity contribution in [2.45, 2.75) is 13.0 Å². The Morgan fingerprint density at radius 1 is 1.60 bits per heavy atom. The number of amides is 1. The van der Waals surface area contributed by atoms with Gasteiger partial charge in [-0.3, -0.25) is 4.79 Å². The van der Waals surface area contributed by atoms with E-state index in [1.165, 1.54) is 0 Å². The molecule has 0 spiro atoms. The van der Waals surface area contributed by atoms with E-state index in [4.69, 9.17) is 5.73 Å². The molecule has 0 saturated carbocycles. The Hall–Kier alpha value is -1.62. The number of anilines is 1. The second-order valence-electron chi connectivity index (χ2n) is 3.71. The maximum absolute atomic E-state index is 11.1. The third kappa shape index (κ3) is 2.07. The third-order valence-electron chi connectivity index (χ3n) is 2.42. The molecule has 1 saturated heterocycles. The first-order valence-electron chi connectivity index (χ1n) is 4.91. The number of primary amides is 1. The summed E-state index contributed by atoms with van der Waals surface area (Å²) >= 11 is 0. The van der Waals surface area contributed by atoms with Crippen LogP contribution in [0.3, 0.4) is 0 Å². The monoisotopic (exact) mass is 206 g/mol. The van der Waals surface area contributed by atoms with E-state index < -0.39 is 5.91 Å². The van der Waals surface area contributed by atoms with Gasteiger partial charge in [-0.2, -0.15) is 0 Å². The molecule has 1 aliphatic heterocycles. The van der Waals surface area contributed by atoms with Gasteiger partial charge in [0.2, 0.25) is 0 Å². The summed E-state index contributed by atoms with van der Waals surface area (Å²) in [4.78, 5) is 15.4. The lowest BCUT2D eigenvalue weighted by Gasteiger charge is -2.29. The van der Waals surface area contributed by atoms with Crippen LogP contribution in [0.5, 0.6) is 0 Å². The molecule has 5 nitrogen and oxygen atoms in total. The van der Waals surface area contributed by atoms with Gasteiger partial charge in [-0.05, 0) is 19.1 Å². The average Bonchev–Trinajstić information content (AvgIpc) is 2.11. The van der Waals surface area contributed by atoms with Gasteiger partial charge in [-0.15, -0.1) is 0 Å². The molecule has 0 unspecified atom stereocenters. The number of nitrogens with one attached hydrogen (secondary N) is 2. The average molecular weight is 206 g/mol. The predicted octanol–water partition coefficient (Wildman–Crippen LogP) is -0.127. The minimum Gasteiger partial charge on any atom is -0.365 e. The normalized spacial score (nSPS) is 15.8. The fourth-order valence-corrected chi connectivity index (χ4v) is 1.45. The Balaban J connectivity index is 2.24. The standard InChI is InChI=1S/C10H14N4O/c1-6-2-3-8(9(11)15)10(13-6)14-7-4-12-5-7/h2-3,7,12H,4-5H2,1H3,(H2,11,15)(H,13,14). The molecule has 80 valence electrons. The van der Waals surface area contributed by atoms with Crippen LogP contribution < -0.4 is 16.4 Å². The van der Waals surface area contributed by atoms with Crippen LogP contribution in [-0.4, -0.2) is 30.0 Å². The summed E-state index contributed by atoms with van der Waals surface area (Å²) < 4.78 is 0. The molecule has 2 heterocycles. The van der Waals surface area contributed by atoms with Crippen molar-refractivity contribution in [2.24, 2.45) is 5.73 Å². The van der Waals surface area contributed by atoms with E-state index in [2.05, 4.69) is 15.6 Å². The van der Waals surface area contributed by atoms with E-state index in [-0.39, 0.29) is 0 Å². The lowest BCUT2D eigenvalue weighted by Crippen LogP contribution is -2.51.